The van der Waals surface area contributed by atoms with Gasteiger partial charge in [-0.2, -0.15) is 0 Å². The normalized spacial score (nSPS) is 13.9. The summed E-state index contributed by atoms with van der Waals surface area (Å²) in [6.07, 6.45) is 7.22. The van der Waals surface area contributed by atoms with Gasteiger partial charge in [0.05, 0.1) is 22.7 Å². The zero-order chi connectivity index (χ0) is 32.1. The second-order valence-electron chi connectivity index (χ2n) is 11.0. The lowest BCUT2D eigenvalue weighted by molar-refractivity contribution is 0.0948. The number of amides is 1. The number of carbonyl (C=O) groups is 1. The molecule has 1 aliphatic rings. The van der Waals surface area contributed by atoms with Gasteiger partial charge in [0.15, 0.2) is 17.3 Å². The molecule has 0 saturated heterocycles. The number of benzene rings is 2. The monoisotopic (exact) mass is 637 g/mol. The predicted molar refractivity (Wildman–Crippen MR) is 167 cm³/mol. The molecular formula is C34H25F2N5O4S. The third-order valence-electron chi connectivity index (χ3n) is 8.22. The topological polar surface area (TPSA) is 116 Å². The molecule has 0 atom stereocenters. The fraction of sp³-hybridized carbons (Fsp3) is 0.118. The fourth-order valence-electron chi connectivity index (χ4n) is 5.74. The van der Waals surface area contributed by atoms with Crippen LogP contribution in [0.4, 0.5) is 8.78 Å². The third-order valence-corrected chi connectivity index (χ3v) is 9.89. The van der Waals surface area contributed by atoms with Crippen LogP contribution in [-0.4, -0.2) is 32.8 Å². The molecule has 9 nitrogen and oxygen atoms in total. The molecule has 1 saturated carbocycles. The molecule has 7 rings (SSSR count). The van der Waals surface area contributed by atoms with Gasteiger partial charge in [0.2, 0.25) is 0 Å². The van der Waals surface area contributed by atoms with Crippen molar-refractivity contribution >= 4 is 27.0 Å². The summed E-state index contributed by atoms with van der Waals surface area (Å²) in [4.78, 5) is 35.5. The molecule has 1 fully saturated rings. The van der Waals surface area contributed by atoms with E-state index in [4.69, 9.17) is 0 Å². The van der Waals surface area contributed by atoms with Gasteiger partial charge in [-0.15, -0.1) is 0 Å². The molecule has 6 aromatic rings. The van der Waals surface area contributed by atoms with Gasteiger partial charge in [-0.3, -0.25) is 14.6 Å². The molecular weight excluding hydrogens is 612 g/mol. The summed E-state index contributed by atoms with van der Waals surface area (Å²) in [5, 5.41) is 3.35. The van der Waals surface area contributed by atoms with E-state index >= 15 is 0 Å². The Labute approximate surface area is 261 Å². The zero-order valence-electron chi connectivity index (χ0n) is 24.1. The van der Waals surface area contributed by atoms with Gasteiger partial charge in [-0.25, -0.2) is 26.2 Å². The lowest BCUT2D eigenvalue weighted by Gasteiger charge is -2.20. The van der Waals surface area contributed by atoms with E-state index in [1.807, 2.05) is 0 Å². The molecule has 0 spiro atoms. The highest BCUT2D eigenvalue weighted by atomic mass is 32.2. The van der Waals surface area contributed by atoms with Crippen LogP contribution in [0.2, 0.25) is 0 Å². The smallest absolute Gasteiger partial charge is 0.269 e. The molecule has 230 valence electrons. The third kappa shape index (κ3) is 4.96. The first kappa shape index (κ1) is 29.2. The maximum absolute atomic E-state index is 14.0. The van der Waals surface area contributed by atoms with Crippen molar-refractivity contribution in [2.45, 2.75) is 29.8 Å². The van der Waals surface area contributed by atoms with Crippen molar-refractivity contribution in [1.82, 2.24) is 23.8 Å². The van der Waals surface area contributed by atoms with Gasteiger partial charge in [0.25, 0.3) is 21.5 Å². The van der Waals surface area contributed by atoms with Crippen LogP contribution in [-0.2, 0) is 22.1 Å². The van der Waals surface area contributed by atoms with Crippen LogP contribution in [0.1, 0.15) is 34.5 Å². The Morgan fingerprint density at radius 3 is 2.46 bits per heavy atom. The molecule has 1 aliphatic carbocycles. The molecule has 0 radical (unpaired) electrons. The number of hydrogen-bond acceptors (Lipinski definition) is 6. The van der Waals surface area contributed by atoms with Gasteiger partial charge in [0, 0.05) is 35.7 Å². The minimum atomic E-state index is -3.94. The van der Waals surface area contributed by atoms with Crippen LogP contribution < -0.4 is 10.9 Å². The van der Waals surface area contributed by atoms with Gasteiger partial charge in [0.1, 0.15) is 5.56 Å². The number of pyridine rings is 3. The average Bonchev–Trinajstić information content (AvgIpc) is 3.78. The van der Waals surface area contributed by atoms with Crippen molar-refractivity contribution in [1.29, 1.82) is 0 Å². The SMILES string of the molecule is O=C(NCc1cc(-c2cn(S(=O)(=O)c3ccccc3)c3ncccc23)ccn1)c1cccn(C2(c3ccc(F)c(F)c3)CC2)c1=O. The minimum absolute atomic E-state index is 0.0193. The van der Waals surface area contributed by atoms with Crippen LogP contribution in [0.25, 0.3) is 22.2 Å². The maximum Gasteiger partial charge on any atom is 0.269 e. The lowest BCUT2D eigenvalue weighted by atomic mass is 10.0. The Balaban J connectivity index is 1.15. The number of halogens is 2. The zero-order valence-corrected chi connectivity index (χ0v) is 24.9. The molecule has 12 heteroatoms. The van der Waals surface area contributed by atoms with E-state index in [0.717, 1.165) is 16.1 Å². The Morgan fingerprint density at radius 1 is 0.891 bits per heavy atom. The number of fused-ring (bicyclic) bond motifs is 1. The van der Waals surface area contributed by atoms with Crippen molar-refractivity contribution < 1.29 is 22.0 Å². The van der Waals surface area contributed by atoms with Crippen molar-refractivity contribution in [2.75, 3.05) is 0 Å². The van der Waals surface area contributed by atoms with E-state index in [0.29, 0.717) is 40.6 Å². The largest absolute Gasteiger partial charge is 0.346 e. The average molecular weight is 638 g/mol. The minimum Gasteiger partial charge on any atom is -0.346 e. The highest BCUT2D eigenvalue weighted by molar-refractivity contribution is 7.90. The molecule has 0 bridgehead atoms. The van der Waals surface area contributed by atoms with Crippen molar-refractivity contribution in [3.8, 4) is 11.1 Å². The number of aromatic nitrogens is 4. The van der Waals surface area contributed by atoms with Crippen LogP contribution in [0.3, 0.4) is 0 Å². The summed E-state index contributed by atoms with van der Waals surface area (Å²) in [5.74, 6) is -2.60. The van der Waals surface area contributed by atoms with Gasteiger partial charge in [-0.1, -0.05) is 24.3 Å². The number of hydrogen-bond donors (Lipinski definition) is 1. The quantitative estimate of drug-likeness (QED) is 0.244. The summed E-state index contributed by atoms with van der Waals surface area (Å²) in [7, 11) is -3.94. The number of nitrogens with one attached hydrogen (secondary N) is 1. The van der Waals surface area contributed by atoms with Crippen LogP contribution >= 0.6 is 0 Å². The standard InChI is InChI=1S/C34H25F2N5O4S/c35-29-11-10-23(19-30(29)36)34(13-14-34)40-17-5-9-27(33(40)43)32(42)39-20-24-18-22(12-16-37-24)28-21-41(31-26(28)8-4-15-38-31)46(44,45)25-6-2-1-3-7-25/h1-12,15-19,21H,13-14,20H2,(H,39,42). The maximum atomic E-state index is 14.0. The highest BCUT2D eigenvalue weighted by Crippen LogP contribution is 2.48. The molecule has 4 heterocycles. The Morgan fingerprint density at radius 2 is 1.70 bits per heavy atom. The summed E-state index contributed by atoms with van der Waals surface area (Å²) >= 11 is 0. The first-order valence-electron chi connectivity index (χ1n) is 14.4. The van der Waals surface area contributed by atoms with Crippen LogP contribution in [0.15, 0.2) is 119 Å². The lowest BCUT2D eigenvalue weighted by Crippen LogP contribution is -2.37. The molecule has 46 heavy (non-hydrogen) atoms. The number of carbonyl (C=O) groups excluding carboxylic acids is 1. The Bertz CT molecular complexity index is 2320. The van der Waals surface area contributed by atoms with Gasteiger partial charge < -0.3 is 9.88 Å². The second kappa shape index (κ2) is 11.1. The summed E-state index contributed by atoms with van der Waals surface area (Å²) in [6, 6.07) is 21.6. The van der Waals surface area contributed by atoms with E-state index in [1.165, 1.54) is 41.2 Å². The second-order valence-corrected chi connectivity index (χ2v) is 12.8. The summed E-state index contributed by atoms with van der Waals surface area (Å²) < 4.78 is 57.1. The molecule has 0 unspecified atom stereocenters. The first-order chi connectivity index (χ1) is 22.2. The van der Waals surface area contributed by atoms with E-state index in [-0.39, 0.29) is 22.7 Å². The van der Waals surface area contributed by atoms with E-state index in [9.17, 15) is 26.8 Å². The predicted octanol–water partition coefficient (Wildman–Crippen LogP) is 5.24. The molecule has 4 aromatic heterocycles. The van der Waals surface area contributed by atoms with Gasteiger partial charge in [-0.05, 0) is 84.6 Å². The Hall–Kier alpha value is -5.49. The van der Waals surface area contributed by atoms with E-state index < -0.39 is 38.7 Å². The number of rotatable bonds is 8. The van der Waals surface area contributed by atoms with Crippen molar-refractivity contribution in [3.63, 3.8) is 0 Å². The molecule has 1 N–H and O–H groups in total. The fourth-order valence-corrected chi connectivity index (χ4v) is 7.08. The van der Waals surface area contributed by atoms with E-state index in [1.54, 1.807) is 60.9 Å². The van der Waals surface area contributed by atoms with Crippen LogP contribution in [0.5, 0.6) is 0 Å². The molecule has 2 aromatic carbocycles. The van der Waals surface area contributed by atoms with Gasteiger partial charge >= 0.3 is 0 Å². The number of nitrogens with zero attached hydrogens (tertiary/aromatic N) is 4. The summed E-state index contributed by atoms with van der Waals surface area (Å²) in [5.41, 5.74) is 0.958. The highest BCUT2D eigenvalue weighted by Gasteiger charge is 2.47. The Kier molecular flexibility index (Phi) is 7.08. The van der Waals surface area contributed by atoms with Crippen LogP contribution in [0, 0.1) is 11.6 Å². The van der Waals surface area contributed by atoms with Crippen molar-refractivity contribution in [2.24, 2.45) is 0 Å². The van der Waals surface area contributed by atoms with Crippen molar-refractivity contribution in [3.05, 3.63) is 149 Å². The van der Waals surface area contributed by atoms with E-state index in [2.05, 4.69) is 15.3 Å². The molecule has 1 amide bonds. The summed E-state index contributed by atoms with van der Waals surface area (Å²) in [6.45, 7) is -0.0193. The first-order valence-corrected chi connectivity index (χ1v) is 15.8. The molecule has 0 aliphatic heterocycles.